The third-order valence-electron chi connectivity index (χ3n) is 2.64. The normalized spacial score (nSPS) is 10.4. The van der Waals surface area contributed by atoms with Crippen LogP contribution in [0.5, 0.6) is 0 Å². The monoisotopic (exact) mass is 279 g/mol. The minimum atomic E-state index is 0.802. The topological polar surface area (TPSA) is 29.9 Å². The molecule has 0 unspecified atom stereocenters. The Hall–Kier alpha value is -1.29. The lowest BCUT2D eigenvalue weighted by atomic mass is 10.2. The standard InChI is InChI=1S/C12H14BrN3/c1-9-10(8-15-16(9)2)7-14-12-5-3-4-11(13)6-12/h3-6,8,14H,7H2,1-2H3. The number of anilines is 1. The van der Waals surface area contributed by atoms with E-state index in [0.29, 0.717) is 0 Å². The fourth-order valence-electron chi connectivity index (χ4n) is 1.51. The Bertz CT molecular complexity index is 491. The van der Waals surface area contributed by atoms with Gasteiger partial charge in [-0.05, 0) is 25.1 Å². The van der Waals surface area contributed by atoms with E-state index >= 15 is 0 Å². The first-order valence-electron chi connectivity index (χ1n) is 5.14. The van der Waals surface area contributed by atoms with Crippen molar-refractivity contribution in [3.05, 3.63) is 46.2 Å². The maximum atomic E-state index is 4.21. The van der Waals surface area contributed by atoms with Gasteiger partial charge in [0.1, 0.15) is 0 Å². The van der Waals surface area contributed by atoms with Crippen LogP contribution in [-0.4, -0.2) is 9.78 Å². The van der Waals surface area contributed by atoms with Crippen LogP contribution in [0.1, 0.15) is 11.3 Å². The van der Waals surface area contributed by atoms with Gasteiger partial charge in [-0.1, -0.05) is 22.0 Å². The SMILES string of the molecule is Cc1c(CNc2cccc(Br)c2)cnn1C. The molecular weight excluding hydrogens is 266 g/mol. The molecule has 0 saturated carbocycles. The van der Waals surface area contributed by atoms with Gasteiger partial charge >= 0.3 is 0 Å². The van der Waals surface area contributed by atoms with Gasteiger partial charge in [0.05, 0.1) is 6.20 Å². The van der Waals surface area contributed by atoms with Crippen LogP contribution >= 0.6 is 15.9 Å². The molecule has 0 amide bonds. The van der Waals surface area contributed by atoms with E-state index < -0.39 is 0 Å². The van der Waals surface area contributed by atoms with Gasteiger partial charge in [0.2, 0.25) is 0 Å². The molecule has 0 atom stereocenters. The Balaban J connectivity index is 2.05. The van der Waals surface area contributed by atoms with E-state index in [-0.39, 0.29) is 0 Å². The fourth-order valence-corrected chi connectivity index (χ4v) is 1.91. The predicted molar refractivity (Wildman–Crippen MR) is 69.4 cm³/mol. The number of hydrogen-bond acceptors (Lipinski definition) is 2. The number of aryl methyl sites for hydroxylation is 1. The second-order valence-corrected chi connectivity index (χ2v) is 4.66. The van der Waals surface area contributed by atoms with Crippen molar-refractivity contribution in [2.45, 2.75) is 13.5 Å². The van der Waals surface area contributed by atoms with Crippen LogP contribution in [0.4, 0.5) is 5.69 Å². The third kappa shape index (κ3) is 2.44. The van der Waals surface area contributed by atoms with Crippen molar-refractivity contribution in [1.82, 2.24) is 9.78 Å². The molecule has 0 radical (unpaired) electrons. The quantitative estimate of drug-likeness (QED) is 0.936. The Kier molecular flexibility index (Phi) is 3.29. The summed E-state index contributed by atoms with van der Waals surface area (Å²) < 4.78 is 2.97. The number of hydrogen-bond donors (Lipinski definition) is 1. The first-order chi connectivity index (χ1) is 7.66. The second-order valence-electron chi connectivity index (χ2n) is 3.74. The van der Waals surface area contributed by atoms with Gasteiger partial charge in [-0.2, -0.15) is 5.10 Å². The zero-order valence-corrected chi connectivity index (χ0v) is 11.0. The highest BCUT2D eigenvalue weighted by Gasteiger charge is 2.02. The molecular formula is C12H14BrN3. The zero-order chi connectivity index (χ0) is 11.5. The molecule has 1 aromatic heterocycles. The van der Waals surface area contributed by atoms with Crippen molar-refractivity contribution >= 4 is 21.6 Å². The van der Waals surface area contributed by atoms with Crippen LogP contribution < -0.4 is 5.32 Å². The minimum absolute atomic E-state index is 0.802. The van der Waals surface area contributed by atoms with Gasteiger partial charge in [0, 0.05) is 35.0 Å². The highest BCUT2D eigenvalue weighted by atomic mass is 79.9. The van der Waals surface area contributed by atoms with Crippen LogP contribution in [0.3, 0.4) is 0 Å². The number of benzene rings is 1. The summed E-state index contributed by atoms with van der Waals surface area (Å²) in [5.74, 6) is 0. The molecule has 4 heteroatoms. The summed E-state index contributed by atoms with van der Waals surface area (Å²) in [7, 11) is 1.96. The predicted octanol–water partition coefficient (Wildman–Crippen LogP) is 3.10. The average molecular weight is 280 g/mol. The summed E-state index contributed by atoms with van der Waals surface area (Å²) in [6.07, 6.45) is 1.90. The largest absolute Gasteiger partial charge is 0.381 e. The van der Waals surface area contributed by atoms with Crippen LogP contribution in [0.15, 0.2) is 34.9 Å². The number of rotatable bonds is 3. The molecule has 0 bridgehead atoms. The Morgan fingerprint density at radius 1 is 1.44 bits per heavy atom. The number of nitrogens with one attached hydrogen (secondary N) is 1. The Labute approximate surface area is 104 Å². The lowest BCUT2D eigenvalue weighted by molar-refractivity contribution is 0.738. The summed E-state index contributed by atoms with van der Waals surface area (Å²) >= 11 is 3.45. The molecule has 1 aromatic carbocycles. The Morgan fingerprint density at radius 2 is 2.25 bits per heavy atom. The summed E-state index contributed by atoms with van der Waals surface area (Å²) in [6, 6.07) is 8.14. The van der Waals surface area contributed by atoms with Gasteiger partial charge in [-0.15, -0.1) is 0 Å². The van der Waals surface area contributed by atoms with Gasteiger partial charge < -0.3 is 5.32 Å². The van der Waals surface area contributed by atoms with E-state index in [0.717, 1.165) is 16.7 Å². The van der Waals surface area contributed by atoms with Crippen molar-refractivity contribution in [2.24, 2.45) is 7.05 Å². The molecule has 3 nitrogen and oxygen atoms in total. The molecule has 2 aromatic rings. The Morgan fingerprint density at radius 3 is 2.88 bits per heavy atom. The summed E-state index contributed by atoms with van der Waals surface area (Å²) in [5.41, 5.74) is 3.53. The van der Waals surface area contributed by atoms with E-state index in [9.17, 15) is 0 Å². The molecule has 1 N–H and O–H groups in total. The molecule has 1 heterocycles. The highest BCUT2D eigenvalue weighted by Crippen LogP contribution is 2.17. The smallest absolute Gasteiger partial charge is 0.0542 e. The van der Waals surface area contributed by atoms with Gasteiger partial charge in [0.25, 0.3) is 0 Å². The molecule has 0 aliphatic carbocycles. The molecule has 0 fully saturated rings. The first kappa shape index (κ1) is 11.2. The minimum Gasteiger partial charge on any atom is -0.381 e. The molecule has 0 saturated heterocycles. The molecule has 0 spiro atoms. The van der Waals surface area contributed by atoms with Gasteiger partial charge in [0.15, 0.2) is 0 Å². The molecule has 0 aliphatic rings. The van der Waals surface area contributed by atoms with E-state index in [1.807, 2.05) is 30.1 Å². The number of nitrogens with zero attached hydrogens (tertiary/aromatic N) is 2. The summed E-state index contributed by atoms with van der Waals surface area (Å²) in [6.45, 7) is 2.88. The molecule has 16 heavy (non-hydrogen) atoms. The van der Waals surface area contributed by atoms with E-state index in [2.05, 4.69) is 45.4 Å². The van der Waals surface area contributed by atoms with Crippen molar-refractivity contribution in [3.63, 3.8) is 0 Å². The van der Waals surface area contributed by atoms with E-state index in [4.69, 9.17) is 0 Å². The number of aromatic nitrogens is 2. The highest BCUT2D eigenvalue weighted by molar-refractivity contribution is 9.10. The van der Waals surface area contributed by atoms with E-state index in [1.165, 1.54) is 11.3 Å². The number of halogens is 1. The maximum absolute atomic E-state index is 4.21. The summed E-state index contributed by atoms with van der Waals surface area (Å²) in [5, 5.41) is 7.59. The molecule has 0 aliphatic heterocycles. The lowest BCUT2D eigenvalue weighted by Crippen LogP contribution is -2.01. The van der Waals surface area contributed by atoms with Crippen molar-refractivity contribution in [3.8, 4) is 0 Å². The van der Waals surface area contributed by atoms with Crippen LogP contribution in [0.2, 0.25) is 0 Å². The van der Waals surface area contributed by atoms with Crippen molar-refractivity contribution in [2.75, 3.05) is 5.32 Å². The van der Waals surface area contributed by atoms with Gasteiger partial charge in [-0.3, -0.25) is 4.68 Å². The second kappa shape index (κ2) is 4.70. The molecule has 84 valence electrons. The fraction of sp³-hybridized carbons (Fsp3) is 0.250. The first-order valence-corrected chi connectivity index (χ1v) is 5.93. The van der Waals surface area contributed by atoms with Crippen molar-refractivity contribution in [1.29, 1.82) is 0 Å². The van der Waals surface area contributed by atoms with E-state index in [1.54, 1.807) is 0 Å². The lowest BCUT2D eigenvalue weighted by Gasteiger charge is -2.06. The third-order valence-corrected chi connectivity index (χ3v) is 3.14. The van der Waals surface area contributed by atoms with Crippen LogP contribution in [0, 0.1) is 6.92 Å². The maximum Gasteiger partial charge on any atom is 0.0542 e. The van der Waals surface area contributed by atoms with Crippen LogP contribution in [-0.2, 0) is 13.6 Å². The average Bonchev–Trinajstić information content (AvgIpc) is 2.57. The zero-order valence-electron chi connectivity index (χ0n) is 9.37. The summed E-state index contributed by atoms with van der Waals surface area (Å²) in [4.78, 5) is 0. The van der Waals surface area contributed by atoms with Gasteiger partial charge in [-0.25, -0.2) is 0 Å². The van der Waals surface area contributed by atoms with Crippen molar-refractivity contribution < 1.29 is 0 Å². The van der Waals surface area contributed by atoms with Crippen LogP contribution in [0.25, 0.3) is 0 Å². The molecule has 2 rings (SSSR count).